The number of para-hydroxylation sites is 1. The summed E-state index contributed by atoms with van der Waals surface area (Å²) < 4.78 is 31.7. The molecule has 35 heavy (non-hydrogen) atoms. The summed E-state index contributed by atoms with van der Waals surface area (Å²) in [7, 11) is 0. The van der Waals surface area contributed by atoms with Crippen LogP contribution >= 0.6 is 11.6 Å². The predicted molar refractivity (Wildman–Crippen MR) is 128 cm³/mol. The molecule has 1 amide bonds. The first-order valence-electron chi connectivity index (χ1n) is 10.8. The van der Waals surface area contributed by atoms with Crippen molar-refractivity contribution < 1.29 is 33.0 Å². The number of benzene rings is 2. The van der Waals surface area contributed by atoms with Crippen molar-refractivity contribution in [1.82, 2.24) is 15.6 Å². The average molecular weight is 514 g/mol. The Balaban J connectivity index is 0.000000540. The largest absolute Gasteiger partial charge is 0.490 e. The van der Waals surface area contributed by atoms with Crippen molar-refractivity contribution in [3.05, 3.63) is 70.4 Å². The van der Waals surface area contributed by atoms with Gasteiger partial charge in [0.2, 0.25) is 0 Å². The fourth-order valence-corrected chi connectivity index (χ4v) is 3.57. The number of fused-ring (bicyclic) bond motifs is 1. The minimum atomic E-state index is -5.08. The van der Waals surface area contributed by atoms with Gasteiger partial charge in [0, 0.05) is 35.7 Å². The van der Waals surface area contributed by atoms with Crippen LogP contribution in [0.25, 0.3) is 10.9 Å². The molecule has 0 saturated heterocycles. The zero-order chi connectivity index (χ0) is 26.2. The molecule has 2 aromatic carbocycles. The Bertz CT molecular complexity index is 1150. The standard InChI is InChI=1S/C22H26ClN3O2.C2HF3O2/c1-3-24-22(28)19-9-5-8-18-16(12-26-21(18)19)10-14(2)25-13-20(27)15-6-4-7-17(23)11-15;3-2(4,5)1(6)7/h4-9,11-12,14,20,25-27H,3,10,13H2,1-2H3,(H,24,28);(H,6,7)/t14-,20+;/m1./s1. The van der Waals surface area contributed by atoms with Crippen molar-refractivity contribution in [2.24, 2.45) is 0 Å². The predicted octanol–water partition coefficient (Wildman–Crippen LogP) is 4.46. The number of aromatic amines is 1. The van der Waals surface area contributed by atoms with E-state index in [1.807, 2.05) is 43.5 Å². The fraction of sp³-hybridized carbons (Fsp3) is 0.333. The van der Waals surface area contributed by atoms with E-state index in [9.17, 15) is 23.1 Å². The molecule has 0 aliphatic rings. The first-order chi connectivity index (χ1) is 16.4. The number of halogens is 4. The SMILES string of the molecule is CCNC(=O)c1cccc2c(C[C@@H](C)NC[C@H](O)c3cccc(Cl)c3)c[nH]c12.O=C(O)C(F)(F)F. The number of hydrogen-bond acceptors (Lipinski definition) is 4. The quantitative estimate of drug-likeness (QED) is 0.305. The summed E-state index contributed by atoms with van der Waals surface area (Å²) in [5.74, 6) is -2.83. The number of amides is 1. The number of carboxylic acid groups (broad SMARTS) is 1. The number of carboxylic acids is 1. The maximum atomic E-state index is 12.2. The molecule has 0 bridgehead atoms. The Labute approximate surface area is 205 Å². The third-order valence-electron chi connectivity index (χ3n) is 5.04. The van der Waals surface area contributed by atoms with Gasteiger partial charge >= 0.3 is 12.1 Å². The lowest BCUT2D eigenvalue weighted by atomic mass is 10.0. The van der Waals surface area contributed by atoms with Crippen molar-refractivity contribution in [3.8, 4) is 0 Å². The molecule has 1 aromatic heterocycles. The Morgan fingerprint density at radius 1 is 1.17 bits per heavy atom. The second-order valence-corrected chi connectivity index (χ2v) is 8.23. The Morgan fingerprint density at radius 3 is 2.43 bits per heavy atom. The molecule has 0 unspecified atom stereocenters. The van der Waals surface area contributed by atoms with Crippen LogP contribution in [0.3, 0.4) is 0 Å². The molecular formula is C24H27ClF3N3O4. The zero-order valence-electron chi connectivity index (χ0n) is 19.1. The van der Waals surface area contributed by atoms with Gasteiger partial charge in [0.25, 0.3) is 5.91 Å². The van der Waals surface area contributed by atoms with Gasteiger partial charge in [-0.15, -0.1) is 0 Å². The van der Waals surface area contributed by atoms with Crippen LogP contribution in [0.1, 0.15) is 41.4 Å². The van der Waals surface area contributed by atoms with Gasteiger partial charge < -0.3 is 25.8 Å². The van der Waals surface area contributed by atoms with Crippen molar-refractivity contribution >= 4 is 34.4 Å². The monoisotopic (exact) mass is 513 g/mol. The fourth-order valence-electron chi connectivity index (χ4n) is 3.37. The van der Waals surface area contributed by atoms with Gasteiger partial charge in [0.15, 0.2) is 0 Å². The van der Waals surface area contributed by atoms with E-state index in [0.717, 1.165) is 28.5 Å². The van der Waals surface area contributed by atoms with E-state index >= 15 is 0 Å². The maximum absolute atomic E-state index is 12.2. The van der Waals surface area contributed by atoms with Crippen LogP contribution in [-0.4, -0.2) is 52.4 Å². The molecule has 0 spiro atoms. The number of alkyl halides is 3. The molecule has 0 aliphatic carbocycles. The minimum Gasteiger partial charge on any atom is -0.475 e. The first-order valence-corrected chi connectivity index (χ1v) is 11.2. The Kier molecular flexibility index (Phi) is 10.1. The number of hydrogen-bond donors (Lipinski definition) is 5. The van der Waals surface area contributed by atoms with Gasteiger partial charge in [-0.3, -0.25) is 4.79 Å². The van der Waals surface area contributed by atoms with E-state index in [2.05, 4.69) is 22.5 Å². The minimum absolute atomic E-state index is 0.0719. The molecule has 0 radical (unpaired) electrons. The van der Waals surface area contributed by atoms with Crippen LogP contribution in [0.15, 0.2) is 48.7 Å². The van der Waals surface area contributed by atoms with E-state index in [0.29, 0.717) is 23.7 Å². The average Bonchev–Trinajstić information content (AvgIpc) is 3.20. The van der Waals surface area contributed by atoms with Gasteiger partial charge in [-0.05, 0) is 49.6 Å². The Hall–Kier alpha value is -3.08. The highest BCUT2D eigenvalue weighted by Gasteiger charge is 2.38. The number of aliphatic hydroxyl groups excluding tert-OH is 1. The number of H-pyrrole nitrogens is 1. The molecule has 1 heterocycles. The number of carbonyl (C=O) groups is 2. The number of carbonyl (C=O) groups excluding carboxylic acids is 1. The normalized spacial score (nSPS) is 13.0. The van der Waals surface area contributed by atoms with Crippen LogP contribution in [0.4, 0.5) is 13.2 Å². The van der Waals surface area contributed by atoms with E-state index in [4.69, 9.17) is 21.5 Å². The van der Waals surface area contributed by atoms with Crippen molar-refractivity contribution in [3.63, 3.8) is 0 Å². The number of aliphatic carboxylic acids is 1. The third-order valence-corrected chi connectivity index (χ3v) is 5.28. The summed E-state index contributed by atoms with van der Waals surface area (Å²) in [4.78, 5) is 24.4. The summed E-state index contributed by atoms with van der Waals surface area (Å²) >= 11 is 5.99. The summed E-state index contributed by atoms with van der Waals surface area (Å²) in [6.07, 6.45) is -2.96. The first kappa shape index (κ1) is 28.2. The van der Waals surface area contributed by atoms with Gasteiger partial charge in [-0.25, -0.2) is 4.79 Å². The zero-order valence-corrected chi connectivity index (χ0v) is 19.9. The van der Waals surface area contributed by atoms with Gasteiger partial charge in [0.1, 0.15) is 0 Å². The van der Waals surface area contributed by atoms with E-state index in [1.165, 1.54) is 0 Å². The van der Waals surface area contributed by atoms with Gasteiger partial charge in [-0.2, -0.15) is 13.2 Å². The van der Waals surface area contributed by atoms with Crippen molar-refractivity contribution in [1.29, 1.82) is 0 Å². The lowest BCUT2D eigenvalue weighted by molar-refractivity contribution is -0.192. The second kappa shape index (κ2) is 12.6. The van der Waals surface area contributed by atoms with Gasteiger partial charge in [-0.1, -0.05) is 35.9 Å². The molecule has 3 aromatic rings. The van der Waals surface area contributed by atoms with E-state index in [1.54, 1.807) is 12.1 Å². The molecular weight excluding hydrogens is 487 g/mol. The number of nitrogens with one attached hydrogen (secondary N) is 3. The number of rotatable bonds is 8. The van der Waals surface area contributed by atoms with Crippen LogP contribution in [-0.2, 0) is 11.2 Å². The summed E-state index contributed by atoms with van der Waals surface area (Å²) in [6.45, 7) is 5.02. The number of aliphatic hydroxyl groups is 1. The van der Waals surface area contributed by atoms with Crippen LogP contribution in [0.2, 0.25) is 5.02 Å². The molecule has 3 rings (SSSR count). The molecule has 0 saturated carbocycles. The summed E-state index contributed by atoms with van der Waals surface area (Å²) in [5, 5.41) is 25.4. The van der Waals surface area contributed by atoms with Gasteiger partial charge in [0.05, 0.1) is 17.2 Å². The van der Waals surface area contributed by atoms with Crippen molar-refractivity contribution in [2.45, 2.75) is 38.6 Å². The topological polar surface area (TPSA) is 114 Å². The lowest BCUT2D eigenvalue weighted by Gasteiger charge is -2.17. The molecule has 11 heteroatoms. The van der Waals surface area contributed by atoms with Crippen LogP contribution in [0, 0.1) is 0 Å². The smallest absolute Gasteiger partial charge is 0.475 e. The summed E-state index contributed by atoms with van der Waals surface area (Å²) in [5.41, 5.74) is 3.45. The maximum Gasteiger partial charge on any atom is 0.490 e. The molecule has 2 atom stereocenters. The highest BCUT2D eigenvalue weighted by atomic mass is 35.5. The van der Waals surface area contributed by atoms with Crippen LogP contribution in [0.5, 0.6) is 0 Å². The second-order valence-electron chi connectivity index (χ2n) is 7.79. The lowest BCUT2D eigenvalue weighted by Crippen LogP contribution is -2.32. The molecule has 5 N–H and O–H groups in total. The molecule has 7 nitrogen and oxygen atoms in total. The highest BCUT2D eigenvalue weighted by molar-refractivity contribution is 6.30. The summed E-state index contributed by atoms with van der Waals surface area (Å²) in [6, 6.07) is 13.2. The Morgan fingerprint density at radius 2 is 1.83 bits per heavy atom. The van der Waals surface area contributed by atoms with E-state index in [-0.39, 0.29) is 11.9 Å². The van der Waals surface area contributed by atoms with E-state index < -0.39 is 18.2 Å². The molecule has 0 aliphatic heterocycles. The van der Waals surface area contributed by atoms with Crippen molar-refractivity contribution in [2.75, 3.05) is 13.1 Å². The number of aromatic nitrogens is 1. The molecule has 0 fully saturated rings. The highest BCUT2D eigenvalue weighted by Crippen LogP contribution is 2.23. The third kappa shape index (κ3) is 8.27. The van der Waals surface area contributed by atoms with Crippen LogP contribution < -0.4 is 10.6 Å². The molecule has 190 valence electrons.